The van der Waals surface area contributed by atoms with Crippen LogP contribution in [0, 0.1) is 0 Å². The van der Waals surface area contributed by atoms with Crippen LogP contribution in [-0.2, 0) is 11.2 Å². The molecular weight excluding hydrogens is 322 g/mol. The lowest BCUT2D eigenvalue weighted by molar-refractivity contribution is -0.119. The molecule has 0 saturated carbocycles. The van der Waals surface area contributed by atoms with Gasteiger partial charge in [-0.2, -0.15) is 0 Å². The molecule has 4 heteroatoms. The van der Waals surface area contributed by atoms with Gasteiger partial charge in [-0.1, -0.05) is 37.3 Å². The first-order valence-corrected chi connectivity index (χ1v) is 9.61. The third kappa shape index (κ3) is 4.64. The summed E-state index contributed by atoms with van der Waals surface area (Å²) in [5, 5.41) is 0. The highest BCUT2D eigenvalue weighted by Gasteiger charge is 2.28. The van der Waals surface area contributed by atoms with Crippen molar-refractivity contribution in [1.29, 1.82) is 0 Å². The summed E-state index contributed by atoms with van der Waals surface area (Å²) >= 11 is 0. The summed E-state index contributed by atoms with van der Waals surface area (Å²) in [4.78, 5) is 17.1. The lowest BCUT2D eigenvalue weighted by atomic mass is 10.0. The second-order valence-corrected chi connectivity index (χ2v) is 7.02. The van der Waals surface area contributed by atoms with Crippen molar-refractivity contribution in [3.8, 4) is 0 Å². The van der Waals surface area contributed by atoms with Crippen LogP contribution in [0.25, 0.3) is 0 Å². The summed E-state index contributed by atoms with van der Waals surface area (Å²) in [5.41, 5.74) is 8.92. The van der Waals surface area contributed by atoms with Crippen LogP contribution in [0.1, 0.15) is 31.7 Å². The van der Waals surface area contributed by atoms with Gasteiger partial charge in [-0.05, 0) is 49.1 Å². The van der Waals surface area contributed by atoms with Gasteiger partial charge < -0.3 is 15.5 Å². The molecule has 2 aromatic carbocycles. The van der Waals surface area contributed by atoms with Gasteiger partial charge in [0.2, 0.25) is 5.91 Å². The fourth-order valence-corrected chi connectivity index (χ4v) is 3.69. The van der Waals surface area contributed by atoms with Gasteiger partial charge in [-0.3, -0.25) is 4.79 Å². The molecule has 1 heterocycles. The van der Waals surface area contributed by atoms with Gasteiger partial charge in [0.25, 0.3) is 0 Å². The van der Waals surface area contributed by atoms with Crippen LogP contribution in [0.4, 0.5) is 11.4 Å². The van der Waals surface area contributed by atoms with Gasteiger partial charge in [-0.25, -0.2) is 0 Å². The van der Waals surface area contributed by atoms with Gasteiger partial charge in [0.05, 0.1) is 0 Å². The van der Waals surface area contributed by atoms with Gasteiger partial charge in [0, 0.05) is 43.5 Å². The zero-order valence-corrected chi connectivity index (χ0v) is 15.6. The second kappa shape index (κ2) is 8.86. The lowest BCUT2D eigenvalue weighted by Gasteiger charge is -2.38. The average Bonchev–Trinajstić information content (AvgIpc) is 2.69. The minimum atomic E-state index is 0.219. The Labute approximate surface area is 156 Å². The minimum Gasteiger partial charge on any atom is -0.399 e. The van der Waals surface area contributed by atoms with Crippen molar-refractivity contribution in [2.75, 3.05) is 30.3 Å². The zero-order valence-electron chi connectivity index (χ0n) is 15.6. The number of piperidine rings is 1. The molecule has 4 nitrogen and oxygen atoms in total. The maximum Gasteiger partial charge on any atom is 0.226 e. The van der Waals surface area contributed by atoms with E-state index in [2.05, 4.69) is 17.0 Å². The molecule has 3 rings (SSSR count). The van der Waals surface area contributed by atoms with E-state index in [1.807, 2.05) is 54.3 Å². The fraction of sp³-hybridized carbons (Fsp3) is 0.409. The first-order chi connectivity index (χ1) is 12.7. The summed E-state index contributed by atoms with van der Waals surface area (Å²) in [7, 11) is 0. The minimum absolute atomic E-state index is 0.219. The first kappa shape index (κ1) is 18.5. The molecule has 138 valence electrons. The topological polar surface area (TPSA) is 49.6 Å². The Bertz CT molecular complexity index is 691. The normalized spacial score (nSPS) is 15.7. The molecule has 0 aliphatic carbocycles. The quantitative estimate of drug-likeness (QED) is 0.807. The van der Waals surface area contributed by atoms with Crippen molar-refractivity contribution >= 4 is 17.3 Å². The number of hydrogen-bond acceptors (Lipinski definition) is 3. The van der Waals surface area contributed by atoms with Crippen molar-refractivity contribution in [3.63, 3.8) is 0 Å². The van der Waals surface area contributed by atoms with Crippen molar-refractivity contribution in [2.45, 2.75) is 38.6 Å². The van der Waals surface area contributed by atoms with Crippen LogP contribution in [-0.4, -0.2) is 36.5 Å². The van der Waals surface area contributed by atoms with E-state index in [-0.39, 0.29) is 5.91 Å². The van der Waals surface area contributed by atoms with E-state index in [0.717, 1.165) is 50.3 Å². The number of carbonyl (C=O) groups is 1. The molecule has 0 radical (unpaired) electrons. The number of hydrogen-bond donors (Lipinski definition) is 1. The molecule has 0 unspecified atom stereocenters. The van der Waals surface area contributed by atoms with E-state index >= 15 is 0 Å². The molecule has 1 aliphatic heterocycles. The van der Waals surface area contributed by atoms with Gasteiger partial charge in [-0.15, -0.1) is 0 Å². The number of rotatable bonds is 6. The number of likely N-dealkylation sites (tertiary alicyclic amines) is 1. The predicted octanol–water partition coefficient (Wildman–Crippen LogP) is 3.72. The highest BCUT2D eigenvalue weighted by molar-refractivity contribution is 5.93. The Morgan fingerprint density at radius 3 is 2.35 bits per heavy atom. The third-order valence-electron chi connectivity index (χ3n) is 5.22. The summed E-state index contributed by atoms with van der Waals surface area (Å²) < 4.78 is 0. The largest absolute Gasteiger partial charge is 0.399 e. The molecule has 2 N–H and O–H groups in total. The molecule has 0 atom stereocenters. The van der Waals surface area contributed by atoms with Crippen LogP contribution in [0.3, 0.4) is 0 Å². The molecule has 1 fully saturated rings. The van der Waals surface area contributed by atoms with Crippen LogP contribution in [0.5, 0.6) is 0 Å². The highest BCUT2D eigenvalue weighted by Crippen LogP contribution is 2.24. The number of amides is 1. The van der Waals surface area contributed by atoms with Crippen molar-refractivity contribution in [1.82, 2.24) is 4.90 Å². The molecule has 26 heavy (non-hydrogen) atoms. The molecular formula is C22H29N3O. The van der Waals surface area contributed by atoms with E-state index in [1.54, 1.807) is 0 Å². The maximum absolute atomic E-state index is 12.5. The number of nitrogens with two attached hydrogens (primary N) is 1. The van der Waals surface area contributed by atoms with Gasteiger partial charge >= 0.3 is 0 Å². The van der Waals surface area contributed by atoms with E-state index in [9.17, 15) is 4.79 Å². The Morgan fingerprint density at radius 1 is 1.08 bits per heavy atom. The Kier molecular flexibility index (Phi) is 6.29. The summed E-state index contributed by atoms with van der Waals surface area (Å²) in [6.45, 7) is 5.09. The third-order valence-corrected chi connectivity index (χ3v) is 5.22. The summed E-state index contributed by atoms with van der Waals surface area (Å²) in [6, 6.07) is 18.6. The zero-order chi connectivity index (χ0) is 18.4. The smallest absolute Gasteiger partial charge is 0.226 e. The first-order valence-electron chi connectivity index (χ1n) is 9.61. The summed E-state index contributed by atoms with van der Waals surface area (Å²) in [6.07, 6.45) is 3.65. The van der Waals surface area contributed by atoms with E-state index in [0.29, 0.717) is 12.5 Å². The van der Waals surface area contributed by atoms with Crippen LogP contribution >= 0.6 is 0 Å². The number of anilines is 2. The van der Waals surface area contributed by atoms with Crippen LogP contribution in [0.15, 0.2) is 54.6 Å². The number of nitrogen functional groups attached to an aromatic ring is 1. The average molecular weight is 351 g/mol. The van der Waals surface area contributed by atoms with Crippen molar-refractivity contribution < 1.29 is 4.79 Å². The van der Waals surface area contributed by atoms with Gasteiger partial charge in [0.15, 0.2) is 0 Å². The van der Waals surface area contributed by atoms with Crippen LogP contribution in [0.2, 0.25) is 0 Å². The molecule has 2 aromatic rings. The maximum atomic E-state index is 12.5. The molecule has 1 aliphatic rings. The molecule has 0 bridgehead atoms. The highest BCUT2D eigenvalue weighted by atomic mass is 16.2. The van der Waals surface area contributed by atoms with E-state index in [4.69, 9.17) is 5.73 Å². The Hall–Kier alpha value is -2.33. The van der Waals surface area contributed by atoms with Crippen molar-refractivity contribution in [3.05, 3.63) is 60.2 Å². The molecule has 0 spiro atoms. The standard InChI is InChI=1S/C22H29N3O/c1-2-22(26)25(20-6-4-3-5-7-20)21-13-16-24(17-14-21)15-12-18-8-10-19(23)11-9-18/h3-11,21H,2,12-17,23H2,1H3. The van der Waals surface area contributed by atoms with Crippen molar-refractivity contribution in [2.24, 2.45) is 0 Å². The van der Waals surface area contributed by atoms with E-state index in [1.165, 1.54) is 5.56 Å². The Balaban J connectivity index is 1.56. The fourth-order valence-electron chi connectivity index (χ4n) is 3.69. The Morgan fingerprint density at radius 2 is 1.73 bits per heavy atom. The van der Waals surface area contributed by atoms with Gasteiger partial charge in [0.1, 0.15) is 0 Å². The van der Waals surface area contributed by atoms with E-state index < -0.39 is 0 Å². The summed E-state index contributed by atoms with van der Waals surface area (Å²) in [5.74, 6) is 0.219. The second-order valence-electron chi connectivity index (χ2n) is 7.02. The predicted molar refractivity (Wildman–Crippen MR) is 108 cm³/mol. The monoisotopic (exact) mass is 351 g/mol. The number of nitrogens with zero attached hydrogens (tertiary/aromatic N) is 2. The lowest BCUT2D eigenvalue weighted by Crippen LogP contribution is -2.47. The number of para-hydroxylation sites is 1. The SMILES string of the molecule is CCC(=O)N(c1ccccc1)C1CCN(CCc2ccc(N)cc2)CC1. The molecule has 1 amide bonds. The van der Waals surface area contributed by atoms with Crippen LogP contribution < -0.4 is 10.6 Å². The number of benzene rings is 2. The number of carbonyl (C=O) groups excluding carboxylic acids is 1. The molecule has 0 aromatic heterocycles. The molecule has 1 saturated heterocycles.